The summed E-state index contributed by atoms with van der Waals surface area (Å²) in [6, 6.07) is 18.0. The normalized spacial score (nSPS) is 18.9. The van der Waals surface area contributed by atoms with Crippen molar-refractivity contribution in [2.75, 3.05) is 0 Å². The predicted octanol–water partition coefficient (Wildman–Crippen LogP) is 3.56. The van der Waals surface area contributed by atoms with E-state index in [1.165, 1.54) is 0 Å². The zero-order valence-electron chi connectivity index (χ0n) is 14.2. The Labute approximate surface area is 138 Å². The minimum Gasteiger partial charge on any atom is -0.489 e. The lowest BCUT2D eigenvalue weighted by Crippen LogP contribution is -2.41. The molecule has 3 rings (SSSR count). The smallest absolute Gasteiger partial charge is 0.489 e. The molecule has 1 heterocycles. The molecule has 0 radical (unpaired) electrons. The van der Waals surface area contributed by atoms with Crippen molar-refractivity contribution in [1.82, 2.24) is 0 Å². The highest BCUT2D eigenvalue weighted by molar-refractivity contribution is 6.62. The van der Waals surface area contributed by atoms with Crippen molar-refractivity contribution in [3.63, 3.8) is 0 Å². The van der Waals surface area contributed by atoms with Gasteiger partial charge in [-0.3, -0.25) is 0 Å². The Balaban J connectivity index is 1.71. The van der Waals surface area contributed by atoms with Crippen LogP contribution >= 0.6 is 0 Å². The van der Waals surface area contributed by atoms with Gasteiger partial charge in [0.2, 0.25) is 0 Å². The quantitative estimate of drug-likeness (QED) is 0.808. The van der Waals surface area contributed by atoms with Crippen LogP contribution in [0, 0.1) is 0 Å². The standard InChI is InChI=1S/C19H23BO3/c1-18(2)19(3,4)23-20(22-18)16-10-8-9-15(13-16)14-21-17-11-6-5-7-12-17/h5-13H,14H2,1-4H3. The van der Waals surface area contributed by atoms with Crippen molar-refractivity contribution in [1.29, 1.82) is 0 Å². The Bertz CT molecular complexity index is 651. The first-order valence-corrected chi connectivity index (χ1v) is 8.00. The third-order valence-electron chi connectivity index (χ3n) is 4.63. The third-order valence-corrected chi connectivity index (χ3v) is 4.63. The third kappa shape index (κ3) is 3.43. The molecule has 3 nitrogen and oxygen atoms in total. The first-order chi connectivity index (χ1) is 10.9. The highest BCUT2D eigenvalue weighted by atomic mass is 16.7. The second kappa shape index (κ2) is 6.02. The fraction of sp³-hybridized carbons (Fsp3) is 0.368. The van der Waals surface area contributed by atoms with Gasteiger partial charge in [-0.25, -0.2) is 0 Å². The van der Waals surface area contributed by atoms with Gasteiger partial charge in [-0.15, -0.1) is 0 Å². The molecule has 0 bridgehead atoms. The first kappa shape index (κ1) is 16.1. The van der Waals surface area contributed by atoms with E-state index in [1.54, 1.807) is 0 Å². The molecule has 23 heavy (non-hydrogen) atoms. The van der Waals surface area contributed by atoms with Crippen LogP contribution in [0.25, 0.3) is 0 Å². The van der Waals surface area contributed by atoms with E-state index in [4.69, 9.17) is 14.0 Å². The second-order valence-electron chi connectivity index (χ2n) is 6.94. The molecule has 0 spiro atoms. The SMILES string of the molecule is CC1(C)OB(c2cccc(COc3ccccc3)c2)OC1(C)C. The average Bonchev–Trinajstić information content (AvgIpc) is 2.75. The lowest BCUT2D eigenvalue weighted by molar-refractivity contribution is 0.00578. The number of rotatable bonds is 4. The number of hydrogen-bond acceptors (Lipinski definition) is 3. The Morgan fingerprint density at radius 3 is 2.17 bits per heavy atom. The Morgan fingerprint density at radius 1 is 0.870 bits per heavy atom. The summed E-state index contributed by atoms with van der Waals surface area (Å²) in [5, 5.41) is 0. The lowest BCUT2D eigenvalue weighted by Gasteiger charge is -2.32. The molecule has 1 fully saturated rings. The van der Waals surface area contributed by atoms with E-state index in [9.17, 15) is 0 Å². The molecule has 1 aliphatic heterocycles. The molecule has 120 valence electrons. The number of para-hydroxylation sites is 1. The van der Waals surface area contributed by atoms with Crippen molar-refractivity contribution >= 4 is 12.6 Å². The van der Waals surface area contributed by atoms with E-state index < -0.39 is 0 Å². The molecular formula is C19H23BO3. The number of benzene rings is 2. The monoisotopic (exact) mass is 310 g/mol. The highest BCUT2D eigenvalue weighted by Crippen LogP contribution is 2.36. The molecule has 0 aliphatic carbocycles. The van der Waals surface area contributed by atoms with Gasteiger partial charge in [0.05, 0.1) is 11.2 Å². The Kier molecular flexibility index (Phi) is 4.22. The average molecular weight is 310 g/mol. The van der Waals surface area contributed by atoms with Gasteiger partial charge in [0, 0.05) is 0 Å². The maximum Gasteiger partial charge on any atom is 0.494 e. The molecule has 4 heteroatoms. The summed E-state index contributed by atoms with van der Waals surface area (Å²) < 4.78 is 18.0. The summed E-state index contributed by atoms with van der Waals surface area (Å²) in [6.07, 6.45) is 0. The van der Waals surface area contributed by atoms with E-state index in [-0.39, 0.29) is 18.3 Å². The van der Waals surface area contributed by atoms with Crippen LogP contribution in [0.2, 0.25) is 0 Å². The molecule has 1 saturated heterocycles. The summed E-state index contributed by atoms with van der Waals surface area (Å²) in [5.74, 6) is 0.869. The van der Waals surface area contributed by atoms with Gasteiger partial charge >= 0.3 is 7.12 Å². The zero-order chi connectivity index (χ0) is 16.5. The van der Waals surface area contributed by atoms with Gasteiger partial charge in [-0.1, -0.05) is 42.5 Å². The molecule has 0 atom stereocenters. The Hall–Kier alpha value is -1.78. The van der Waals surface area contributed by atoms with Gasteiger partial charge in [0.15, 0.2) is 0 Å². The van der Waals surface area contributed by atoms with Crippen molar-refractivity contribution in [2.24, 2.45) is 0 Å². The maximum atomic E-state index is 6.10. The minimum atomic E-state index is -0.336. The molecule has 2 aromatic carbocycles. The summed E-state index contributed by atoms with van der Waals surface area (Å²) in [7, 11) is -0.336. The summed E-state index contributed by atoms with van der Waals surface area (Å²) in [4.78, 5) is 0. The first-order valence-electron chi connectivity index (χ1n) is 8.00. The van der Waals surface area contributed by atoms with E-state index in [1.807, 2.05) is 42.5 Å². The van der Waals surface area contributed by atoms with Crippen molar-refractivity contribution in [2.45, 2.75) is 45.5 Å². The molecule has 1 aliphatic rings. The van der Waals surface area contributed by atoms with Crippen LogP contribution < -0.4 is 10.2 Å². The fourth-order valence-corrected chi connectivity index (χ4v) is 2.49. The van der Waals surface area contributed by atoms with Crippen molar-refractivity contribution in [3.8, 4) is 5.75 Å². The van der Waals surface area contributed by atoms with Crippen LogP contribution in [0.5, 0.6) is 5.75 Å². The van der Waals surface area contributed by atoms with Crippen LogP contribution in [0.15, 0.2) is 54.6 Å². The van der Waals surface area contributed by atoms with Gasteiger partial charge in [-0.2, -0.15) is 0 Å². The molecule has 0 amide bonds. The Morgan fingerprint density at radius 2 is 1.52 bits per heavy atom. The summed E-state index contributed by atoms with van der Waals surface area (Å²) in [6.45, 7) is 8.78. The molecule has 2 aromatic rings. The minimum absolute atomic E-state index is 0.325. The summed E-state index contributed by atoms with van der Waals surface area (Å²) in [5.41, 5.74) is 1.47. The van der Waals surface area contributed by atoms with Gasteiger partial charge in [0.1, 0.15) is 12.4 Å². The van der Waals surface area contributed by atoms with Crippen LogP contribution in [0.4, 0.5) is 0 Å². The van der Waals surface area contributed by atoms with Crippen LogP contribution in [0.3, 0.4) is 0 Å². The maximum absolute atomic E-state index is 6.10. The molecular weight excluding hydrogens is 287 g/mol. The van der Waals surface area contributed by atoms with Gasteiger partial charge < -0.3 is 14.0 Å². The van der Waals surface area contributed by atoms with Gasteiger partial charge in [-0.05, 0) is 50.9 Å². The lowest BCUT2D eigenvalue weighted by atomic mass is 9.78. The zero-order valence-corrected chi connectivity index (χ0v) is 14.2. The van der Waals surface area contributed by atoms with Crippen molar-refractivity contribution < 1.29 is 14.0 Å². The number of hydrogen-bond donors (Lipinski definition) is 0. The van der Waals surface area contributed by atoms with E-state index in [0.717, 1.165) is 16.8 Å². The topological polar surface area (TPSA) is 27.7 Å². The van der Waals surface area contributed by atoms with Crippen LogP contribution in [0.1, 0.15) is 33.3 Å². The van der Waals surface area contributed by atoms with E-state index in [2.05, 4.69) is 39.8 Å². The largest absolute Gasteiger partial charge is 0.494 e. The summed E-state index contributed by atoms with van der Waals surface area (Å²) >= 11 is 0. The molecule has 0 saturated carbocycles. The van der Waals surface area contributed by atoms with Gasteiger partial charge in [0.25, 0.3) is 0 Å². The highest BCUT2D eigenvalue weighted by Gasteiger charge is 2.51. The number of ether oxygens (including phenoxy) is 1. The molecule has 0 N–H and O–H groups in total. The van der Waals surface area contributed by atoms with Crippen LogP contribution in [-0.2, 0) is 15.9 Å². The second-order valence-corrected chi connectivity index (χ2v) is 6.94. The molecule has 0 unspecified atom stereocenters. The fourth-order valence-electron chi connectivity index (χ4n) is 2.49. The van der Waals surface area contributed by atoms with E-state index >= 15 is 0 Å². The van der Waals surface area contributed by atoms with E-state index in [0.29, 0.717) is 6.61 Å². The molecule has 0 aromatic heterocycles. The van der Waals surface area contributed by atoms with Crippen molar-refractivity contribution in [3.05, 3.63) is 60.2 Å². The predicted molar refractivity (Wildman–Crippen MR) is 92.9 cm³/mol. The van der Waals surface area contributed by atoms with Crippen LogP contribution in [-0.4, -0.2) is 18.3 Å².